The van der Waals surface area contributed by atoms with Crippen LogP contribution in [0.15, 0.2) is 41.4 Å². The molecule has 0 N–H and O–H groups in total. The Kier molecular flexibility index (Phi) is 7.59. The summed E-state index contributed by atoms with van der Waals surface area (Å²) in [5.41, 5.74) is -0.885. The van der Waals surface area contributed by atoms with Gasteiger partial charge in [-0.15, -0.1) is 0 Å². The van der Waals surface area contributed by atoms with Gasteiger partial charge in [-0.2, -0.15) is 13.2 Å². The van der Waals surface area contributed by atoms with Crippen LogP contribution >= 0.6 is 23.2 Å². The van der Waals surface area contributed by atoms with Gasteiger partial charge in [-0.25, -0.2) is 4.79 Å². The van der Waals surface area contributed by atoms with E-state index in [4.69, 9.17) is 27.9 Å². The molecule has 0 bridgehead atoms. The number of carbonyl (C=O) groups excluding carboxylic acids is 1. The van der Waals surface area contributed by atoms with Crippen LogP contribution in [-0.4, -0.2) is 25.5 Å². The normalized spacial score (nSPS) is 14.7. The maximum atomic E-state index is 14.2. The molecule has 30 heavy (non-hydrogen) atoms. The van der Waals surface area contributed by atoms with Crippen molar-refractivity contribution in [3.05, 3.63) is 68.7 Å². The number of nitrogens with zero attached hydrogens (tertiary/aromatic N) is 1. The molecule has 0 aliphatic carbocycles. The predicted octanol–water partition coefficient (Wildman–Crippen LogP) is 7.13. The number of benzene rings is 2. The molecule has 0 aromatic heterocycles. The van der Waals surface area contributed by atoms with Crippen molar-refractivity contribution in [1.29, 1.82) is 0 Å². The van der Waals surface area contributed by atoms with Gasteiger partial charge < -0.3 is 4.74 Å². The summed E-state index contributed by atoms with van der Waals surface area (Å²) in [5.74, 6) is -0.488. The van der Waals surface area contributed by atoms with Gasteiger partial charge in [0.2, 0.25) is 0 Å². The molecule has 3 nitrogen and oxygen atoms in total. The molecule has 0 fully saturated rings. The SMILES string of the molecule is C=NC(CC(C)(c1cc(Cl)cc(Cl)c1)C(F)(F)F)c1ccc(C(=O)OCC)c(C)c1. The molecule has 2 atom stereocenters. The minimum absolute atomic E-state index is 0.0546. The number of halogens is 5. The van der Waals surface area contributed by atoms with Crippen LogP contribution in [0.25, 0.3) is 0 Å². The number of carbonyl (C=O) groups is 1. The monoisotopic (exact) mass is 459 g/mol. The second-order valence-corrected chi connectivity index (χ2v) is 8.06. The third-order valence-electron chi connectivity index (χ3n) is 5.08. The standard InChI is InChI=1S/C22H22Cl2F3NO2/c1-5-30-20(29)18-7-6-14(8-13(18)2)19(28-4)12-21(3,22(25,26)27)15-9-16(23)11-17(24)10-15/h6-11,19H,4-5,12H2,1-3H3. The smallest absolute Gasteiger partial charge is 0.398 e. The summed E-state index contributed by atoms with van der Waals surface area (Å²) in [6.45, 7) is 8.19. The highest BCUT2D eigenvalue weighted by atomic mass is 35.5. The first-order chi connectivity index (χ1) is 13.9. The maximum absolute atomic E-state index is 14.2. The van der Waals surface area contributed by atoms with Gasteiger partial charge in [-0.3, -0.25) is 4.99 Å². The summed E-state index contributed by atoms with van der Waals surface area (Å²) in [7, 11) is 0. The van der Waals surface area contributed by atoms with Crippen molar-refractivity contribution in [1.82, 2.24) is 0 Å². The fourth-order valence-corrected chi connectivity index (χ4v) is 3.80. The summed E-state index contributed by atoms with van der Waals surface area (Å²) in [5, 5.41) is 0.233. The van der Waals surface area contributed by atoms with Crippen LogP contribution in [0, 0.1) is 6.92 Å². The number of hydrogen-bond donors (Lipinski definition) is 0. The lowest BCUT2D eigenvalue weighted by Crippen LogP contribution is -2.40. The van der Waals surface area contributed by atoms with Crippen LogP contribution in [0.3, 0.4) is 0 Å². The fourth-order valence-electron chi connectivity index (χ4n) is 3.28. The van der Waals surface area contributed by atoms with E-state index in [0.29, 0.717) is 16.7 Å². The average Bonchev–Trinajstić information content (AvgIpc) is 2.64. The van der Waals surface area contributed by atoms with E-state index in [1.807, 2.05) is 0 Å². The van der Waals surface area contributed by atoms with E-state index in [0.717, 1.165) is 6.92 Å². The molecule has 2 aromatic rings. The van der Waals surface area contributed by atoms with Gasteiger partial charge in [-0.05, 0) is 74.9 Å². The molecule has 162 valence electrons. The van der Waals surface area contributed by atoms with Gasteiger partial charge in [-0.1, -0.05) is 35.3 Å². The number of ether oxygens (including phenoxy) is 1. The van der Waals surface area contributed by atoms with Gasteiger partial charge >= 0.3 is 12.1 Å². The highest BCUT2D eigenvalue weighted by Gasteiger charge is 2.53. The van der Waals surface area contributed by atoms with Crippen LogP contribution < -0.4 is 0 Å². The van der Waals surface area contributed by atoms with E-state index >= 15 is 0 Å². The zero-order valence-electron chi connectivity index (χ0n) is 16.8. The van der Waals surface area contributed by atoms with Crippen LogP contribution in [0.2, 0.25) is 10.0 Å². The van der Waals surface area contributed by atoms with Gasteiger partial charge in [0.05, 0.1) is 23.6 Å². The lowest BCUT2D eigenvalue weighted by molar-refractivity contribution is -0.188. The highest BCUT2D eigenvalue weighted by Crippen LogP contribution is 2.48. The van der Waals surface area contributed by atoms with Gasteiger partial charge in [0.15, 0.2) is 0 Å². The molecule has 0 amide bonds. The van der Waals surface area contributed by atoms with E-state index < -0.39 is 30.0 Å². The maximum Gasteiger partial charge on any atom is 0.398 e. The van der Waals surface area contributed by atoms with Crippen molar-refractivity contribution >= 4 is 35.9 Å². The lowest BCUT2D eigenvalue weighted by atomic mass is 9.75. The lowest BCUT2D eigenvalue weighted by Gasteiger charge is -2.35. The molecule has 0 spiro atoms. The van der Waals surface area contributed by atoms with E-state index in [1.54, 1.807) is 26.0 Å². The van der Waals surface area contributed by atoms with Gasteiger partial charge in [0, 0.05) is 10.0 Å². The second kappa shape index (κ2) is 9.40. The minimum Gasteiger partial charge on any atom is -0.462 e. The minimum atomic E-state index is -4.59. The Balaban J connectivity index is 2.47. The summed E-state index contributed by atoms with van der Waals surface area (Å²) < 4.78 is 47.6. The summed E-state index contributed by atoms with van der Waals surface area (Å²) in [6.07, 6.45) is -5.00. The van der Waals surface area contributed by atoms with Crippen LogP contribution in [0.4, 0.5) is 13.2 Å². The molecular formula is C22H22Cl2F3NO2. The van der Waals surface area contributed by atoms with Crippen molar-refractivity contribution in [2.24, 2.45) is 4.99 Å². The Morgan fingerprint density at radius 2 is 1.77 bits per heavy atom. The fraction of sp³-hybridized carbons (Fsp3) is 0.364. The van der Waals surface area contributed by atoms with Crippen molar-refractivity contribution < 1.29 is 22.7 Å². The Morgan fingerprint density at radius 3 is 2.23 bits per heavy atom. The van der Waals surface area contributed by atoms with Crippen molar-refractivity contribution in [3.63, 3.8) is 0 Å². The Morgan fingerprint density at radius 1 is 1.17 bits per heavy atom. The summed E-state index contributed by atoms with van der Waals surface area (Å²) in [6, 6.07) is 7.76. The Bertz CT molecular complexity index is 926. The molecule has 0 radical (unpaired) electrons. The van der Waals surface area contributed by atoms with E-state index in [9.17, 15) is 18.0 Å². The Hall–Kier alpha value is -2.05. The van der Waals surface area contributed by atoms with Crippen molar-refractivity contribution in [2.75, 3.05) is 6.61 Å². The quantitative estimate of drug-likeness (QED) is 0.326. The third kappa shape index (κ3) is 5.16. The number of esters is 1. The van der Waals surface area contributed by atoms with Crippen molar-refractivity contribution in [3.8, 4) is 0 Å². The molecule has 0 saturated carbocycles. The first-order valence-corrected chi connectivity index (χ1v) is 9.95. The molecule has 0 heterocycles. The second-order valence-electron chi connectivity index (χ2n) is 7.19. The zero-order chi connectivity index (χ0) is 22.7. The molecule has 8 heteroatoms. The summed E-state index contributed by atoms with van der Waals surface area (Å²) in [4.78, 5) is 15.9. The van der Waals surface area contributed by atoms with Crippen molar-refractivity contribution in [2.45, 2.75) is 44.8 Å². The largest absolute Gasteiger partial charge is 0.462 e. The first kappa shape index (κ1) is 24.2. The number of aliphatic imine (C=N–C) groups is 1. The summed E-state index contributed by atoms with van der Waals surface area (Å²) >= 11 is 11.9. The molecule has 0 aliphatic heterocycles. The Labute approximate surface area is 183 Å². The van der Waals surface area contributed by atoms with Gasteiger partial charge in [0.25, 0.3) is 0 Å². The molecule has 2 aromatic carbocycles. The van der Waals surface area contributed by atoms with E-state index in [-0.39, 0.29) is 22.2 Å². The first-order valence-electron chi connectivity index (χ1n) is 9.19. The molecular weight excluding hydrogens is 438 g/mol. The molecule has 0 saturated heterocycles. The number of rotatable bonds is 7. The number of hydrogen-bond acceptors (Lipinski definition) is 3. The topological polar surface area (TPSA) is 38.7 Å². The predicted molar refractivity (Wildman–Crippen MR) is 114 cm³/mol. The third-order valence-corrected chi connectivity index (χ3v) is 5.51. The van der Waals surface area contributed by atoms with E-state index in [1.165, 1.54) is 24.3 Å². The van der Waals surface area contributed by atoms with E-state index in [2.05, 4.69) is 11.7 Å². The highest BCUT2D eigenvalue weighted by molar-refractivity contribution is 6.34. The van der Waals surface area contributed by atoms with Gasteiger partial charge in [0.1, 0.15) is 0 Å². The average molecular weight is 460 g/mol. The number of alkyl halides is 3. The van der Waals surface area contributed by atoms with Crippen LogP contribution in [-0.2, 0) is 10.2 Å². The van der Waals surface area contributed by atoms with Crippen LogP contribution in [0.5, 0.6) is 0 Å². The molecule has 2 rings (SSSR count). The van der Waals surface area contributed by atoms with Crippen LogP contribution in [0.1, 0.15) is 53.4 Å². The number of aryl methyl sites for hydroxylation is 1. The molecule has 0 aliphatic rings. The zero-order valence-corrected chi connectivity index (χ0v) is 18.3. The molecule has 2 unspecified atom stereocenters.